The van der Waals surface area contributed by atoms with Gasteiger partial charge in [0.05, 0.1) is 0 Å². The summed E-state index contributed by atoms with van der Waals surface area (Å²) in [7, 11) is 0. The highest BCUT2D eigenvalue weighted by Gasteiger charge is 2.17. The summed E-state index contributed by atoms with van der Waals surface area (Å²) in [6.45, 7) is 1.29. The van der Waals surface area contributed by atoms with Crippen molar-refractivity contribution in [2.45, 2.75) is 13.0 Å². The minimum absolute atomic E-state index is 0.0333. The molecule has 0 aliphatic heterocycles. The molecule has 0 spiro atoms. The first kappa shape index (κ1) is 14.6. The van der Waals surface area contributed by atoms with E-state index in [-0.39, 0.29) is 6.54 Å². The van der Waals surface area contributed by atoms with Gasteiger partial charge in [0.1, 0.15) is 6.04 Å². The molecule has 7 heteroatoms. The smallest absolute Gasteiger partial charge is 0.328 e. The molecule has 18 heavy (non-hydrogen) atoms. The van der Waals surface area contributed by atoms with Crippen LogP contribution in [0.2, 0.25) is 10.0 Å². The van der Waals surface area contributed by atoms with Crippen LogP contribution >= 0.6 is 23.2 Å². The molecule has 0 saturated heterocycles. The Bertz CT molecular complexity index is 445. The summed E-state index contributed by atoms with van der Waals surface area (Å²) in [5, 5.41) is 14.9. The average Bonchev–Trinajstić information content (AvgIpc) is 2.21. The van der Waals surface area contributed by atoms with Crippen LogP contribution in [-0.4, -0.2) is 29.6 Å². The third-order valence-corrected chi connectivity index (χ3v) is 2.48. The number of halogens is 2. The number of benzene rings is 1. The Kier molecular flexibility index (Phi) is 5.25. The molecular formula is C11H12Cl2N2O3. The van der Waals surface area contributed by atoms with Crippen LogP contribution in [0.5, 0.6) is 0 Å². The summed E-state index contributed by atoms with van der Waals surface area (Å²) in [5.41, 5.74) is 0.587. The first-order valence-corrected chi connectivity index (χ1v) is 5.84. The highest BCUT2D eigenvalue weighted by molar-refractivity contribution is 6.35. The predicted molar refractivity (Wildman–Crippen MR) is 70.2 cm³/mol. The minimum Gasteiger partial charge on any atom is -0.480 e. The molecule has 3 N–H and O–H groups in total. The van der Waals surface area contributed by atoms with E-state index in [2.05, 4.69) is 10.6 Å². The van der Waals surface area contributed by atoms with E-state index in [0.717, 1.165) is 0 Å². The van der Waals surface area contributed by atoms with Crippen molar-refractivity contribution in [2.24, 2.45) is 0 Å². The van der Waals surface area contributed by atoms with Gasteiger partial charge in [0.2, 0.25) is 5.91 Å². The number of amides is 1. The van der Waals surface area contributed by atoms with E-state index >= 15 is 0 Å². The number of hydrogen-bond donors (Lipinski definition) is 3. The van der Waals surface area contributed by atoms with Gasteiger partial charge < -0.3 is 15.7 Å². The zero-order valence-corrected chi connectivity index (χ0v) is 11.0. The number of hydrogen-bond acceptors (Lipinski definition) is 3. The van der Waals surface area contributed by atoms with Crippen LogP contribution in [0.4, 0.5) is 5.69 Å². The van der Waals surface area contributed by atoms with E-state index in [0.29, 0.717) is 15.7 Å². The van der Waals surface area contributed by atoms with Gasteiger partial charge in [-0.25, -0.2) is 4.79 Å². The number of nitrogens with one attached hydrogen (secondary N) is 2. The van der Waals surface area contributed by atoms with Crippen molar-refractivity contribution in [2.75, 3.05) is 11.9 Å². The van der Waals surface area contributed by atoms with Crippen LogP contribution in [0.15, 0.2) is 18.2 Å². The van der Waals surface area contributed by atoms with Crippen LogP contribution < -0.4 is 10.6 Å². The second-order valence-corrected chi connectivity index (χ2v) is 4.50. The molecule has 0 heterocycles. The molecule has 0 aromatic heterocycles. The lowest BCUT2D eigenvalue weighted by molar-refractivity contribution is -0.141. The quantitative estimate of drug-likeness (QED) is 0.775. The van der Waals surface area contributed by atoms with Gasteiger partial charge in [-0.2, -0.15) is 0 Å². The van der Waals surface area contributed by atoms with Crippen molar-refractivity contribution in [1.29, 1.82) is 0 Å². The van der Waals surface area contributed by atoms with Crippen LogP contribution in [0.3, 0.4) is 0 Å². The Morgan fingerprint density at radius 3 is 2.28 bits per heavy atom. The zero-order valence-electron chi connectivity index (χ0n) is 9.54. The maximum Gasteiger partial charge on any atom is 0.328 e. The van der Waals surface area contributed by atoms with Gasteiger partial charge in [0, 0.05) is 29.2 Å². The van der Waals surface area contributed by atoms with Crippen molar-refractivity contribution in [3.63, 3.8) is 0 Å². The lowest BCUT2D eigenvalue weighted by Gasteiger charge is -2.15. The summed E-state index contributed by atoms with van der Waals surface area (Å²) < 4.78 is 0. The highest BCUT2D eigenvalue weighted by Crippen LogP contribution is 2.22. The molecule has 1 atom stereocenters. The fourth-order valence-corrected chi connectivity index (χ4v) is 1.85. The Morgan fingerprint density at radius 2 is 1.83 bits per heavy atom. The normalized spacial score (nSPS) is 11.7. The van der Waals surface area contributed by atoms with Crippen LogP contribution in [-0.2, 0) is 9.59 Å². The maximum atomic E-state index is 10.9. The van der Waals surface area contributed by atoms with E-state index in [1.165, 1.54) is 6.92 Å². The van der Waals surface area contributed by atoms with Gasteiger partial charge in [-0.15, -0.1) is 0 Å². The zero-order chi connectivity index (χ0) is 13.7. The SMILES string of the molecule is CC(=O)NC(CNc1cc(Cl)cc(Cl)c1)C(=O)O. The molecule has 0 radical (unpaired) electrons. The summed E-state index contributed by atoms with van der Waals surface area (Å²) in [4.78, 5) is 21.7. The molecular weight excluding hydrogens is 279 g/mol. The molecule has 1 amide bonds. The fourth-order valence-electron chi connectivity index (χ4n) is 1.32. The first-order valence-electron chi connectivity index (χ1n) is 5.08. The molecule has 0 aliphatic rings. The van der Waals surface area contributed by atoms with E-state index in [1.54, 1.807) is 18.2 Å². The number of rotatable bonds is 5. The molecule has 0 fully saturated rings. The van der Waals surface area contributed by atoms with E-state index in [4.69, 9.17) is 28.3 Å². The van der Waals surface area contributed by atoms with Crippen molar-refractivity contribution in [3.05, 3.63) is 28.2 Å². The summed E-state index contributed by atoms with van der Waals surface area (Å²) >= 11 is 11.6. The van der Waals surface area contributed by atoms with Gasteiger partial charge in [-0.1, -0.05) is 23.2 Å². The van der Waals surface area contributed by atoms with Gasteiger partial charge in [-0.3, -0.25) is 4.79 Å². The summed E-state index contributed by atoms with van der Waals surface area (Å²) in [5.74, 6) is -1.53. The topological polar surface area (TPSA) is 78.4 Å². The Balaban J connectivity index is 2.66. The number of aliphatic carboxylic acids is 1. The third kappa shape index (κ3) is 4.81. The van der Waals surface area contributed by atoms with E-state index in [1.807, 2.05) is 0 Å². The van der Waals surface area contributed by atoms with Gasteiger partial charge in [-0.05, 0) is 18.2 Å². The molecule has 1 unspecified atom stereocenters. The molecule has 1 aromatic carbocycles. The maximum absolute atomic E-state index is 10.9. The molecule has 1 rings (SSSR count). The van der Waals surface area contributed by atoms with Gasteiger partial charge in [0.15, 0.2) is 0 Å². The van der Waals surface area contributed by atoms with Gasteiger partial charge >= 0.3 is 5.97 Å². The molecule has 98 valence electrons. The monoisotopic (exact) mass is 290 g/mol. The molecule has 0 bridgehead atoms. The van der Waals surface area contributed by atoms with E-state index < -0.39 is 17.9 Å². The number of carboxylic acids is 1. The van der Waals surface area contributed by atoms with Gasteiger partial charge in [0.25, 0.3) is 0 Å². The second-order valence-electron chi connectivity index (χ2n) is 3.63. The van der Waals surface area contributed by atoms with Crippen LogP contribution in [0.25, 0.3) is 0 Å². The lowest BCUT2D eigenvalue weighted by Crippen LogP contribution is -2.44. The molecule has 0 aliphatic carbocycles. The predicted octanol–water partition coefficient (Wildman–Crippen LogP) is 1.99. The van der Waals surface area contributed by atoms with Crippen LogP contribution in [0, 0.1) is 0 Å². The summed E-state index contributed by atoms with van der Waals surface area (Å²) in [6, 6.07) is 3.78. The summed E-state index contributed by atoms with van der Waals surface area (Å²) in [6.07, 6.45) is 0. The Hall–Kier alpha value is -1.46. The number of carbonyl (C=O) groups excluding carboxylic acids is 1. The second kappa shape index (κ2) is 6.47. The molecule has 0 saturated carbocycles. The fraction of sp³-hybridized carbons (Fsp3) is 0.273. The number of carbonyl (C=O) groups is 2. The van der Waals surface area contributed by atoms with E-state index in [9.17, 15) is 9.59 Å². The Morgan fingerprint density at radius 1 is 1.28 bits per heavy atom. The van der Waals surface area contributed by atoms with Crippen molar-refractivity contribution in [1.82, 2.24) is 5.32 Å². The molecule has 1 aromatic rings. The highest BCUT2D eigenvalue weighted by atomic mass is 35.5. The van der Waals surface area contributed by atoms with Crippen molar-refractivity contribution in [3.8, 4) is 0 Å². The largest absolute Gasteiger partial charge is 0.480 e. The standard InChI is InChI=1S/C11H12Cl2N2O3/c1-6(16)15-10(11(17)18)5-14-9-3-7(12)2-8(13)4-9/h2-4,10,14H,5H2,1H3,(H,15,16)(H,17,18). The van der Waals surface area contributed by atoms with Crippen LogP contribution in [0.1, 0.15) is 6.92 Å². The minimum atomic E-state index is -1.12. The third-order valence-electron chi connectivity index (χ3n) is 2.05. The Labute approximate surface area is 114 Å². The first-order chi connectivity index (χ1) is 8.38. The number of carboxylic acid groups (broad SMARTS) is 1. The molecule has 5 nitrogen and oxygen atoms in total. The number of anilines is 1. The lowest BCUT2D eigenvalue weighted by atomic mass is 10.2. The van der Waals surface area contributed by atoms with Crippen molar-refractivity contribution >= 4 is 40.8 Å². The van der Waals surface area contributed by atoms with Crippen molar-refractivity contribution < 1.29 is 14.7 Å². The average molecular weight is 291 g/mol.